The van der Waals surface area contributed by atoms with Crippen LogP contribution in [0.1, 0.15) is 17.2 Å². The first kappa shape index (κ1) is 31.4. The second-order valence-electron chi connectivity index (χ2n) is 8.90. The average molecular weight is 569 g/mol. The van der Waals surface area contributed by atoms with Gasteiger partial charge in [0.25, 0.3) is 0 Å². The monoisotopic (exact) mass is 568 g/mol. The van der Waals surface area contributed by atoms with Crippen LogP contribution in [0.5, 0.6) is 28.7 Å². The van der Waals surface area contributed by atoms with E-state index < -0.39 is 56.1 Å². The number of ether oxygens (including phenoxy) is 6. The predicted octanol–water partition coefficient (Wildman–Crippen LogP) is -0.279. The molecule has 0 saturated carbocycles. The largest absolute Gasteiger partial charge is 0.504 e. The second-order valence-corrected chi connectivity index (χ2v) is 8.90. The van der Waals surface area contributed by atoms with E-state index >= 15 is 0 Å². The lowest BCUT2D eigenvalue weighted by atomic mass is 9.99. The number of benzene rings is 2. The van der Waals surface area contributed by atoms with Crippen LogP contribution in [0.4, 0.5) is 0 Å². The SMILES string of the molecule is COc1cc([C@@H](O)[C@H](CO[C@@H]2O[C@H](CO)[C@@H](O)[C@H](O)[C@H]2O)Oc2c(OC)cc(/C=C/CO)cc2OC)ccc1O. The summed E-state index contributed by atoms with van der Waals surface area (Å²) in [5, 5.41) is 70.5. The molecule has 1 fully saturated rings. The lowest BCUT2D eigenvalue weighted by Crippen LogP contribution is -2.59. The van der Waals surface area contributed by atoms with E-state index in [-0.39, 0.29) is 40.9 Å². The highest BCUT2D eigenvalue weighted by molar-refractivity contribution is 5.62. The van der Waals surface area contributed by atoms with Crippen molar-refractivity contribution in [2.45, 2.75) is 42.9 Å². The van der Waals surface area contributed by atoms with Crippen LogP contribution in [0.25, 0.3) is 6.08 Å². The Balaban J connectivity index is 1.97. The molecule has 222 valence electrons. The van der Waals surface area contributed by atoms with Crippen LogP contribution in [-0.4, -0.2) is 114 Å². The second kappa shape index (κ2) is 14.5. The lowest BCUT2D eigenvalue weighted by molar-refractivity contribution is -0.305. The fraction of sp³-hybridized carbons (Fsp3) is 0.481. The van der Waals surface area contributed by atoms with Gasteiger partial charge in [0.15, 0.2) is 35.4 Å². The third-order valence-electron chi connectivity index (χ3n) is 6.34. The minimum Gasteiger partial charge on any atom is -0.504 e. The van der Waals surface area contributed by atoms with Crippen LogP contribution in [0, 0.1) is 0 Å². The average Bonchev–Trinajstić information content (AvgIpc) is 2.97. The van der Waals surface area contributed by atoms with Gasteiger partial charge in [-0.15, -0.1) is 0 Å². The van der Waals surface area contributed by atoms with E-state index in [9.17, 15) is 30.6 Å². The number of phenolic OH excluding ortho intramolecular Hbond substituents is 1. The summed E-state index contributed by atoms with van der Waals surface area (Å²) in [4.78, 5) is 0. The summed E-state index contributed by atoms with van der Waals surface area (Å²) in [5.74, 6) is 0.498. The van der Waals surface area contributed by atoms with E-state index in [4.69, 9.17) is 33.5 Å². The number of hydrogen-bond donors (Lipinski definition) is 7. The van der Waals surface area contributed by atoms with Gasteiger partial charge in [0, 0.05) is 0 Å². The molecule has 0 unspecified atom stereocenters. The van der Waals surface area contributed by atoms with Crippen molar-refractivity contribution in [1.29, 1.82) is 0 Å². The number of phenols is 1. The van der Waals surface area contributed by atoms with Crippen molar-refractivity contribution in [2.75, 3.05) is 41.2 Å². The highest BCUT2D eigenvalue weighted by Gasteiger charge is 2.44. The third kappa shape index (κ3) is 7.13. The Morgan fingerprint density at radius 2 is 1.55 bits per heavy atom. The summed E-state index contributed by atoms with van der Waals surface area (Å²) < 4.78 is 33.4. The highest BCUT2D eigenvalue weighted by atomic mass is 16.7. The van der Waals surface area contributed by atoms with Crippen molar-refractivity contribution >= 4 is 6.08 Å². The van der Waals surface area contributed by atoms with Crippen molar-refractivity contribution in [1.82, 2.24) is 0 Å². The maximum absolute atomic E-state index is 11.3. The van der Waals surface area contributed by atoms with E-state index in [0.717, 1.165) is 0 Å². The topological polar surface area (TPSA) is 197 Å². The van der Waals surface area contributed by atoms with Gasteiger partial charge in [0.1, 0.15) is 30.5 Å². The first-order valence-electron chi connectivity index (χ1n) is 12.4. The van der Waals surface area contributed by atoms with Crippen molar-refractivity contribution in [3.63, 3.8) is 0 Å². The summed E-state index contributed by atoms with van der Waals surface area (Å²) in [6.45, 7) is -1.26. The van der Waals surface area contributed by atoms with Crippen LogP contribution in [0.15, 0.2) is 36.4 Å². The molecule has 40 heavy (non-hydrogen) atoms. The molecular formula is C27H36O13. The molecule has 13 heteroatoms. The first-order valence-corrected chi connectivity index (χ1v) is 12.4. The minimum absolute atomic E-state index is 0.0957. The molecule has 1 heterocycles. The molecule has 0 amide bonds. The van der Waals surface area contributed by atoms with Crippen molar-refractivity contribution in [3.8, 4) is 28.7 Å². The van der Waals surface area contributed by atoms with Crippen LogP contribution in [0.3, 0.4) is 0 Å². The van der Waals surface area contributed by atoms with Crippen LogP contribution in [-0.2, 0) is 9.47 Å². The molecule has 7 N–H and O–H groups in total. The quantitative estimate of drug-likeness (QED) is 0.167. The summed E-state index contributed by atoms with van der Waals surface area (Å²) in [5.41, 5.74) is 0.908. The first-order chi connectivity index (χ1) is 19.2. The number of hydrogen-bond acceptors (Lipinski definition) is 13. The Hall–Kier alpha value is -3.14. The van der Waals surface area contributed by atoms with Crippen LogP contribution in [0.2, 0.25) is 0 Å². The summed E-state index contributed by atoms with van der Waals surface area (Å²) in [7, 11) is 4.16. The van der Waals surface area contributed by atoms with Crippen molar-refractivity contribution < 1.29 is 64.2 Å². The smallest absolute Gasteiger partial charge is 0.204 e. The standard InChI is InChI=1S/C27H36O13/c1-35-17-11-15(6-7-16(17)30)22(31)21(13-38-27-25(34)24(33)23(32)20(12-29)40-27)39-26-18(36-2)9-14(5-4-8-28)10-19(26)37-3/h4-7,9-11,20-25,27-34H,8,12-13H2,1-3H3/b5-4+/t20-,21+,22-,23-,24+,25-,27-/m1/s1. The van der Waals surface area contributed by atoms with Crippen LogP contribution < -0.4 is 18.9 Å². The molecular weight excluding hydrogens is 532 g/mol. The molecule has 1 aliphatic rings. The molecule has 1 saturated heterocycles. The molecule has 13 nitrogen and oxygen atoms in total. The molecule has 3 rings (SSSR count). The minimum atomic E-state index is -1.67. The number of aliphatic hydroxyl groups excluding tert-OH is 6. The Bertz CT molecular complexity index is 1100. The van der Waals surface area contributed by atoms with Gasteiger partial charge in [0.05, 0.1) is 41.2 Å². The number of rotatable bonds is 13. The molecule has 0 spiro atoms. The fourth-order valence-electron chi connectivity index (χ4n) is 4.13. The number of aromatic hydroxyl groups is 1. The maximum atomic E-state index is 11.3. The summed E-state index contributed by atoms with van der Waals surface area (Å²) in [6.07, 6.45) is -7.08. The predicted molar refractivity (Wildman–Crippen MR) is 139 cm³/mol. The third-order valence-corrected chi connectivity index (χ3v) is 6.34. The Morgan fingerprint density at radius 3 is 2.12 bits per heavy atom. The molecule has 2 aromatic rings. The van der Waals surface area contributed by atoms with Gasteiger partial charge in [-0.1, -0.05) is 18.2 Å². The normalized spacial score (nSPS) is 24.5. The maximum Gasteiger partial charge on any atom is 0.204 e. The van der Waals surface area contributed by atoms with Crippen molar-refractivity contribution in [3.05, 3.63) is 47.5 Å². The Labute approximate surface area is 231 Å². The molecule has 0 radical (unpaired) electrons. The van der Waals surface area contributed by atoms with Gasteiger partial charge in [-0.3, -0.25) is 0 Å². The zero-order chi connectivity index (χ0) is 29.4. The van der Waals surface area contributed by atoms with Gasteiger partial charge < -0.3 is 64.2 Å². The van der Waals surface area contributed by atoms with E-state index in [1.807, 2.05) is 0 Å². The summed E-state index contributed by atoms with van der Waals surface area (Å²) in [6, 6.07) is 7.42. The zero-order valence-corrected chi connectivity index (χ0v) is 22.3. The molecule has 0 aromatic heterocycles. The molecule has 1 aliphatic heterocycles. The number of methoxy groups -OCH3 is 3. The van der Waals surface area contributed by atoms with E-state index in [1.54, 1.807) is 18.2 Å². The number of aliphatic hydroxyl groups is 6. The highest BCUT2D eigenvalue weighted by Crippen LogP contribution is 2.41. The Morgan fingerprint density at radius 1 is 0.900 bits per heavy atom. The van der Waals surface area contributed by atoms with Gasteiger partial charge in [0.2, 0.25) is 5.75 Å². The van der Waals surface area contributed by atoms with E-state index in [0.29, 0.717) is 5.56 Å². The zero-order valence-electron chi connectivity index (χ0n) is 22.3. The molecule has 7 atom stereocenters. The lowest BCUT2D eigenvalue weighted by Gasteiger charge is -2.40. The molecule has 0 aliphatic carbocycles. The Kier molecular flexibility index (Phi) is 11.4. The molecule has 2 aromatic carbocycles. The van der Waals surface area contributed by atoms with Gasteiger partial charge in [-0.25, -0.2) is 0 Å². The summed E-state index contributed by atoms with van der Waals surface area (Å²) >= 11 is 0. The van der Waals surface area contributed by atoms with Gasteiger partial charge >= 0.3 is 0 Å². The van der Waals surface area contributed by atoms with Gasteiger partial charge in [-0.2, -0.15) is 0 Å². The van der Waals surface area contributed by atoms with Crippen LogP contribution >= 0.6 is 0 Å². The van der Waals surface area contributed by atoms with E-state index in [2.05, 4.69) is 0 Å². The van der Waals surface area contributed by atoms with Crippen molar-refractivity contribution in [2.24, 2.45) is 0 Å². The fourth-order valence-corrected chi connectivity index (χ4v) is 4.13. The van der Waals surface area contributed by atoms with E-state index in [1.165, 1.54) is 45.6 Å². The molecule has 0 bridgehead atoms. The van der Waals surface area contributed by atoms with Gasteiger partial charge in [-0.05, 0) is 35.4 Å².